The molecule has 2 N–H and O–H groups in total. The third-order valence-electron chi connectivity index (χ3n) is 7.77. The lowest BCUT2D eigenvalue weighted by Gasteiger charge is -2.37. The molecule has 0 aliphatic carbocycles. The van der Waals surface area contributed by atoms with Crippen molar-refractivity contribution in [1.82, 2.24) is 9.55 Å². The first-order valence-corrected chi connectivity index (χ1v) is 15.8. The number of benzene rings is 3. The highest BCUT2D eigenvalue weighted by molar-refractivity contribution is 7.32. The summed E-state index contributed by atoms with van der Waals surface area (Å²) in [6.07, 6.45) is -0.882. The van der Waals surface area contributed by atoms with Gasteiger partial charge in [0.15, 0.2) is 0 Å². The predicted octanol–water partition coefficient (Wildman–Crippen LogP) is 4.94. The first kappa shape index (κ1) is 32.9. The van der Waals surface area contributed by atoms with Crippen LogP contribution < -0.4 is 20.5 Å². The predicted molar refractivity (Wildman–Crippen MR) is 169 cm³/mol. The topological polar surface area (TPSA) is 147 Å². The van der Waals surface area contributed by atoms with Gasteiger partial charge in [-0.3, -0.25) is 9.36 Å². The Morgan fingerprint density at radius 2 is 1.57 bits per heavy atom. The molecule has 0 saturated carbocycles. The van der Waals surface area contributed by atoms with E-state index in [1.165, 1.54) is 16.8 Å². The Bertz CT molecular complexity index is 1650. The van der Waals surface area contributed by atoms with E-state index >= 15 is 0 Å². The quantitative estimate of drug-likeness (QED) is 0.151. The number of anilines is 1. The van der Waals surface area contributed by atoms with Crippen molar-refractivity contribution < 1.29 is 37.7 Å². The third kappa shape index (κ3) is 7.17. The molecule has 2 heterocycles. The zero-order chi connectivity index (χ0) is 32.7. The van der Waals surface area contributed by atoms with E-state index in [-0.39, 0.29) is 31.2 Å². The van der Waals surface area contributed by atoms with Crippen molar-refractivity contribution >= 4 is 20.0 Å². The summed E-state index contributed by atoms with van der Waals surface area (Å²) in [5.41, 5.74) is 0.550. The van der Waals surface area contributed by atoms with Crippen LogP contribution in [0.5, 0.6) is 11.5 Å². The van der Waals surface area contributed by atoms with Crippen molar-refractivity contribution in [2.45, 2.75) is 43.8 Å². The number of nitrogens with one attached hydrogen (secondary N) is 1. The standard InChI is InChI=1S/C33H34N3O9P/c1-4-30(37)34-29-18-19-36(32(38)35-29)31-20-27(45-46(39)40)28(44-31)21-43-33(22-8-6-5-7-9-22,23-10-14-25(41-2)15-11-23)24-12-16-26(42-3)17-13-24/h5-19,27-28,31H,4,20-21H2,1-3H3,(H-,34,35,37,38,39,40)/p+1/t27-,28+,31+/m0/s1. The number of methoxy groups -OCH3 is 2. The van der Waals surface area contributed by atoms with Crippen molar-refractivity contribution in [3.05, 3.63) is 118 Å². The summed E-state index contributed by atoms with van der Waals surface area (Å²) in [6, 6.07) is 26.2. The van der Waals surface area contributed by atoms with E-state index in [2.05, 4.69) is 10.3 Å². The second kappa shape index (κ2) is 14.8. The number of aromatic nitrogens is 2. The van der Waals surface area contributed by atoms with Gasteiger partial charge in [-0.2, -0.15) is 4.98 Å². The van der Waals surface area contributed by atoms with Crippen LogP contribution in [0.3, 0.4) is 0 Å². The second-order valence-electron chi connectivity index (χ2n) is 10.5. The van der Waals surface area contributed by atoms with Crippen molar-refractivity contribution in [2.24, 2.45) is 0 Å². The van der Waals surface area contributed by atoms with E-state index in [9.17, 15) is 19.0 Å². The number of ether oxygens (including phenoxy) is 4. The van der Waals surface area contributed by atoms with Crippen LogP contribution in [0.15, 0.2) is 95.9 Å². The van der Waals surface area contributed by atoms with Gasteiger partial charge in [0.25, 0.3) is 0 Å². The van der Waals surface area contributed by atoms with Gasteiger partial charge in [0.2, 0.25) is 5.91 Å². The van der Waals surface area contributed by atoms with E-state index < -0.39 is 38.0 Å². The van der Waals surface area contributed by atoms with Crippen LogP contribution in [-0.2, 0) is 29.0 Å². The molecule has 1 unspecified atom stereocenters. The van der Waals surface area contributed by atoms with E-state index in [4.69, 9.17) is 23.5 Å². The lowest BCUT2D eigenvalue weighted by Crippen LogP contribution is -2.38. The van der Waals surface area contributed by atoms with Gasteiger partial charge in [-0.25, -0.2) is 4.79 Å². The summed E-state index contributed by atoms with van der Waals surface area (Å²) >= 11 is 0. The van der Waals surface area contributed by atoms with E-state index in [1.807, 2.05) is 78.9 Å². The first-order valence-electron chi connectivity index (χ1n) is 14.6. The number of nitrogens with zero attached hydrogens (tertiary/aromatic N) is 2. The normalized spacial score (nSPS) is 18.2. The Morgan fingerprint density at radius 1 is 0.978 bits per heavy atom. The lowest BCUT2D eigenvalue weighted by atomic mass is 9.80. The van der Waals surface area contributed by atoms with E-state index in [1.54, 1.807) is 21.1 Å². The number of carbonyl (C=O) groups is 1. The Balaban J connectivity index is 1.52. The zero-order valence-electron chi connectivity index (χ0n) is 25.6. The van der Waals surface area contributed by atoms with Crippen LogP contribution in [0, 0.1) is 0 Å². The summed E-state index contributed by atoms with van der Waals surface area (Å²) in [6.45, 7) is 1.59. The van der Waals surface area contributed by atoms with Gasteiger partial charge < -0.3 is 24.3 Å². The van der Waals surface area contributed by atoms with Crippen molar-refractivity contribution in [2.75, 3.05) is 26.1 Å². The Kier molecular flexibility index (Phi) is 10.6. The fraction of sp³-hybridized carbons (Fsp3) is 0.303. The van der Waals surface area contributed by atoms with Gasteiger partial charge in [0.05, 0.1) is 20.8 Å². The van der Waals surface area contributed by atoms with Crippen LogP contribution >= 0.6 is 8.25 Å². The van der Waals surface area contributed by atoms with Crippen LogP contribution in [0.4, 0.5) is 5.82 Å². The van der Waals surface area contributed by atoms with Crippen LogP contribution in [-0.4, -0.2) is 53.4 Å². The molecule has 3 aromatic carbocycles. The van der Waals surface area contributed by atoms with Crippen LogP contribution in [0.2, 0.25) is 0 Å². The average molecular weight is 649 g/mol. The minimum absolute atomic E-state index is 0.0708. The first-order chi connectivity index (χ1) is 22.3. The molecule has 46 heavy (non-hydrogen) atoms. The second-order valence-corrected chi connectivity index (χ2v) is 11.2. The summed E-state index contributed by atoms with van der Waals surface area (Å²) in [5.74, 6) is 1.17. The molecule has 5 rings (SSSR count). The van der Waals surface area contributed by atoms with Crippen molar-refractivity contribution in [3.63, 3.8) is 0 Å². The van der Waals surface area contributed by atoms with E-state index in [0.29, 0.717) is 11.5 Å². The van der Waals surface area contributed by atoms with Gasteiger partial charge in [0.1, 0.15) is 41.4 Å². The molecule has 12 nitrogen and oxygen atoms in total. The molecule has 0 spiro atoms. The highest BCUT2D eigenvalue weighted by Crippen LogP contribution is 2.43. The smallest absolute Gasteiger partial charge is 0.497 e. The summed E-state index contributed by atoms with van der Waals surface area (Å²) < 4.78 is 42.5. The highest BCUT2D eigenvalue weighted by Gasteiger charge is 2.46. The number of hydrogen-bond acceptors (Lipinski definition) is 9. The highest BCUT2D eigenvalue weighted by atomic mass is 31.1. The molecule has 0 radical (unpaired) electrons. The monoisotopic (exact) mass is 648 g/mol. The molecule has 1 amide bonds. The van der Waals surface area contributed by atoms with Gasteiger partial charge in [-0.05, 0) is 47.0 Å². The molecule has 1 aliphatic rings. The Morgan fingerprint density at radius 3 is 2.09 bits per heavy atom. The Labute approximate surface area is 266 Å². The molecular weight excluding hydrogens is 613 g/mol. The minimum Gasteiger partial charge on any atom is -0.497 e. The minimum atomic E-state index is -3.00. The lowest BCUT2D eigenvalue weighted by molar-refractivity contribution is -0.115. The fourth-order valence-corrected chi connectivity index (χ4v) is 5.92. The van der Waals surface area contributed by atoms with Gasteiger partial charge in [0, 0.05) is 23.6 Å². The maximum atomic E-state index is 12.9. The average Bonchev–Trinajstić information content (AvgIpc) is 3.47. The molecule has 4 atom stereocenters. The molecule has 1 aromatic heterocycles. The summed E-state index contributed by atoms with van der Waals surface area (Å²) in [5, 5.41) is 2.56. The maximum absolute atomic E-state index is 12.9. The van der Waals surface area contributed by atoms with Gasteiger partial charge >= 0.3 is 13.9 Å². The number of rotatable bonds is 13. The molecular formula is C33H35N3O9P+. The molecule has 1 aliphatic heterocycles. The number of carbonyl (C=O) groups excluding carboxylic acids is 1. The molecule has 0 bridgehead atoms. The van der Waals surface area contributed by atoms with E-state index in [0.717, 1.165) is 16.7 Å². The summed E-state index contributed by atoms with van der Waals surface area (Å²) in [4.78, 5) is 38.3. The molecule has 4 aromatic rings. The van der Waals surface area contributed by atoms with Crippen molar-refractivity contribution in [3.8, 4) is 11.5 Å². The molecule has 1 fully saturated rings. The Hall–Kier alpha value is -4.45. The molecule has 1 saturated heterocycles. The fourth-order valence-electron chi connectivity index (χ4n) is 5.46. The number of amides is 1. The number of hydrogen-bond donors (Lipinski definition) is 2. The maximum Gasteiger partial charge on any atom is 0.695 e. The molecule has 240 valence electrons. The third-order valence-corrected chi connectivity index (χ3v) is 8.22. The SMILES string of the molecule is CCC(=O)Nc1ccn([C@H]2C[C@H](O[P+](=O)O)[C@@H](COC(c3ccccc3)(c3ccc(OC)cc3)c3ccc(OC)cc3)O2)c(=O)n1. The molecule has 13 heteroatoms. The van der Waals surface area contributed by atoms with Crippen molar-refractivity contribution in [1.29, 1.82) is 0 Å². The van der Waals surface area contributed by atoms with Gasteiger partial charge in [-0.1, -0.05) is 61.5 Å². The van der Waals surface area contributed by atoms with Gasteiger partial charge in [-0.15, -0.1) is 9.42 Å². The largest absolute Gasteiger partial charge is 0.695 e. The van der Waals surface area contributed by atoms with Crippen LogP contribution in [0.25, 0.3) is 0 Å². The zero-order valence-corrected chi connectivity index (χ0v) is 26.5. The van der Waals surface area contributed by atoms with Crippen LogP contribution in [0.1, 0.15) is 42.7 Å². The summed E-state index contributed by atoms with van der Waals surface area (Å²) in [7, 11) is 0.188.